The molecule has 2 heterocycles. The predicted octanol–water partition coefficient (Wildman–Crippen LogP) is -5.46. The highest BCUT2D eigenvalue weighted by molar-refractivity contribution is 5.75. The van der Waals surface area contributed by atoms with Crippen molar-refractivity contribution in [3.63, 3.8) is 0 Å². The summed E-state index contributed by atoms with van der Waals surface area (Å²) in [6.07, 6.45) is -18.2. The van der Waals surface area contributed by atoms with E-state index in [4.69, 9.17) is 29.5 Å². The molecule has 10 atom stereocenters. The summed E-state index contributed by atoms with van der Waals surface area (Å²) >= 11 is 0. The number of hydrogen-bond donors (Lipinski definition) is 9. The summed E-state index contributed by atoms with van der Waals surface area (Å²) in [5.74, 6) is -6.57. The first-order valence-corrected chi connectivity index (χ1v) is 8.11. The molecule has 2 fully saturated rings. The topological polar surface area (TPSA) is 244 Å². The molecule has 162 valence electrons. The summed E-state index contributed by atoms with van der Waals surface area (Å²) in [5.41, 5.74) is 0. The monoisotopic (exact) mass is 414 g/mol. The molecule has 0 spiro atoms. The van der Waals surface area contributed by atoms with Crippen LogP contribution in [0.4, 0.5) is 0 Å². The fourth-order valence-corrected chi connectivity index (χ4v) is 2.96. The zero-order chi connectivity index (χ0) is 21.4. The van der Waals surface area contributed by atoms with Crippen LogP contribution in [0.2, 0.25) is 0 Å². The molecule has 2 aliphatic rings. The Bertz CT molecular complexity index is 584. The number of aliphatic hydroxyl groups is 7. The van der Waals surface area contributed by atoms with Crippen molar-refractivity contribution in [3.05, 3.63) is 0 Å². The molecule has 0 aromatic carbocycles. The zero-order valence-electron chi connectivity index (χ0n) is 14.2. The van der Waals surface area contributed by atoms with Crippen molar-refractivity contribution in [2.45, 2.75) is 67.3 Å². The van der Waals surface area contributed by atoms with Gasteiger partial charge in [0.2, 0.25) is 0 Å². The highest BCUT2D eigenvalue weighted by atomic mass is 16.7. The van der Waals surface area contributed by atoms with Crippen molar-refractivity contribution in [1.29, 1.82) is 0 Å². The summed E-state index contributed by atoms with van der Waals surface area (Å²) in [6.45, 7) is -0.974. The van der Waals surface area contributed by atoms with Gasteiger partial charge in [-0.05, 0) is 0 Å². The Hall–Kier alpha value is -1.46. The van der Waals surface area contributed by atoms with Crippen LogP contribution in [-0.2, 0) is 23.8 Å². The molecule has 0 aromatic rings. The van der Waals surface area contributed by atoms with E-state index in [9.17, 15) is 40.2 Å². The Labute approximate surface area is 156 Å². The van der Waals surface area contributed by atoms with Gasteiger partial charge in [0, 0.05) is 6.42 Å². The maximum atomic E-state index is 11.3. The maximum Gasteiger partial charge on any atom is 0.364 e. The number of aliphatic carboxylic acids is 2. The highest BCUT2D eigenvalue weighted by Gasteiger charge is 2.55. The second-order valence-corrected chi connectivity index (χ2v) is 6.53. The summed E-state index contributed by atoms with van der Waals surface area (Å²) in [7, 11) is 0. The van der Waals surface area contributed by atoms with Crippen LogP contribution in [0, 0.1) is 0 Å². The SMILES string of the molecule is O=C(O)[C@H]1O[C@H](O[C@@H]2C[C@](O)(C(=O)O)O[C@H]([C@H](O)CO)[C@@H]2O)[C@H](O)[C@@H](O)[C@H]1O. The minimum Gasteiger partial charge on any atom is -0.479 e. The van der Waals surface area contributed by atoms with Gasteiger partial charge in [0.15, 0.2) is 12.4 Å². The average molecular weight is 414 g/mol. The van der Waals surface area contributed by atoms with E-state index in [-0.39, 0.29) is 0 Å². The van der Waals surface area contributed by atoms with E-state index >= 15 is 0 Å². The Morgan fingerprint density at radius 3 is 2.18 bits per heavy atom. The van der Waals surface area contributed by atoms with Gasteiger partial charge in [0.1, 0.15) is 36.6 Å². The van der Waals surface area contributed by atoms with Crippen LogP contribution in [-0.4, -0.2) is 125 Å². The highest BCUT2D eigenvalue weighted by Crippen LogP contribution is 2.33. The van der Waals surface area contributed by atoms with E-state index in [0.717, 1.165) is 0 Å². The van der Waals surface area contributed by atoms with Crippen LogP contribution in [0.25, 0.3) is 0 Å². The first-order chi connectivity index (χ1) is 12.9. The van der Waals surface area contributed by atoms with Crippen LogP contribution in [0.1, 0.15) is 6.42 Å². The lowest BCUT2D eigenvalue weighted by Gasteiger charge is -2.46. The lowest BCUT2D eigenvalue weighted by molar-refractivity contribution is -0.351. The molecular weight excluding hydrogens is 392 g/mol. The number of ether oxygens (including phenoxy) is 3. The van der Waals surface area contributed by atoms with Crippen LogP contribution >= 0.6 is 0 Å². The smallest absolute Gasteiger partial charge is 0.364 e. The minimum atomic E-state index is -2.96. The third kappa shape index (κ3) is 4.25. The third-order valence-electron chi connectivity index (χ3n) is 4.55. The molecule has 14 nitrogen and oxygen atoms in total. The van der Waals surface area contributed by atoms with E-state index < -0.39 is 85.9 Å². The van der Waals surface area contributed by atoms with E-state index in [1.165, 1.54) is 0 Å². The Kier molecular flexibility index (Phi) is 6.93. The van der Waals surface area contributed by atoms with E-state index in [0.29, 0.717) is 0 Å². The van der Waals surface area contributed by atoms with Gasteiger partial charge >= 0.3 is 11.9 Å². The number of carbonyl (C=O) groups is 2. The van der Waals surface area contributed by atoms with Crippen molar-refractivity contribution < 1.29 is 69.8 Å². The van der Waals surface area contributed by atoms with Gasteiger partial charge in [-0.15, -0.1) is 0 Å². The van der Waals surface area contributed by atoms with Crippen LogP contribution in [0.3, 0.4) is 0 Å². The molecule has 0 radical (unpaired) electrons. The van der Waals surface area contributed by atoms with Crippen molar-refractivity contribution in [2.24, 2.45) is 0 Å². The lowest BCUT2D eigenvalue weighted by Crippen LogP contribution is -2.65. The largest absolute Gasteiger partial charge is 0.479 e. The molecule has 2 saturated heterocycles. The quantitative estimate of drug-likeness (QED) is 0.197. The molecule has 0 aromatic heterocycles. The van der Waals surface area contributed by atoms with Crippen molar-refractivity contribution in [2.75, 3.05) is 6.61 Å². The number of carboxylic acids is 2. The second-order valence-electron chi connectivity index (χ2n) is 6.53. The van der Waals surface area contributed by atoms with Gasteiger partial charge in [-0.3, -0.25) is 0 Å². The molecule has 0 unspecified atom stereocenters. The van der Waals surface area contributed by atoms with Crippen LogP contribution in [0.5, 0.6) is 0 Å². The predicted molar refractivity (Wildman–Crippen MR) is 80.4 cm³/mol. The molecule has 2 aliphatic heterocycles. The molecule has 9 N–H and O–H groups in total. The summed E-state index contributed by atoms with van der Waals surface area (Å²) in [5, 5.41) is 86.6. The maximum absolute atomic E-state index is 11.3. The van der Waals surface area contributed by atoms with E-state index in [1.54, 1.807) is 0 Å². The Morgan fingerprint density at radius 2 is 1.68 bits per heavy atom. The fourth-order valence-electron chi connectivity index (χ4n) is 2.96. The van der Waals surface area contributed by atoms with Crippen LogP contribution < -0.4 is 0 Å². The molecule has 0 saturated carbocycles. The molecule has 0 amide bonds. The zero-order valence-corrected chi connectivity index (χ0v) is 14.2. The van der Waals surface area contributed by atoms with Gasteiger partial charge < -0.3 is 60.2 Å². The second kappa shape index (κ2) is 8.50. The van der Waals surface area contributed by atoms with Crippen molar-refractivity contribution >= 4 is 11.9 Å². The fraction of sp³-hybridized carbons (Fsp3) is 0.857. The average Bonchev–Trinajstić information content (AvgIpc) is 2.63. The number of aliphatic hydroxyl groups excluding tert-OH is 6. The van der Waals surface area contributed by atoms with Crippen molar-refractivity contribution in [3.8, 4) is 0 Å². The lowest BCUT2D eigenvalue weighted by atomic mass is 9.92. The normalized spacial score (nSPS) is 45.4. The molecule has 14 heteroatoms. The molecule has 2 rings (SSSR count). The van der Waals surface area contributed by atoms with Gasteiger partial charge in [-0.1, -0.05) is 0 Å². The number of rotatable bonds is 6. The summed E-state index contributed by atoms with van der Waals surface area (Å²) in [4.78, 5) is 22.4. The standard InChI is InChI=1S/C14H22O14/c15-2-3(16)9-5(17)4(1-14(25,28-9)13(23)24)26-12-8(20)6(18)7(19)10(27-12)11(21)22/h3-10,12,15-20,25H,1-2H2,(H,21,22)(H,23,24)/t3-,4-,5-,6+,7-,8-,9-,10+,12+,14-/m1/s1. The minimum absolute atomic E-state index is 0.943. The van der Waals surface area contributed by atoms with E-state index in [2.05, 4.69) is 0 Å². The Balaban J connectivity index is 2.26. The van der Waals surface area contributed by atoms with Crippen LogP contribution in [0.15, 0.2) is 0 Å². The molecule has 0 bridgehead atoms. The first kappa shape index (κ1) is 22.8. The summed E-state index contributed by atoms with van der Waals surface area (Å²) in [6, 6.07) is 0. The van der Waals surface area contributed by atoms with E-state index in [1.807, 2.05) is 0 Å². The number of hydrogen-bond acceptors (Lipinski definition) is 12. The number of carboxylic acid groups (broad SMARTS) is 2. The van der Waals surface area contributed by atoms with Gasteiger partial charge in [-0.25, -0.2) is 9.59 Å². The van der Waals surface area contributed by atoms with Gasteiger partial charge in [-0.2, -0.15) is 0 Å². The molecule has 28 heavy (non-hydrogen) atoms. The Morgan fingerprint density at radius 1 is 1.07 bits per heavy atom. The van der Waals surface area contributed by atoms with Gasteiger partial charge in [0.25, 0.3) is 5.79 Å². The summed E-state index contributed by atoms with van der Waals surface area (Å²) < 4.78 is 14.8. The first-order valence-electron chi connectivity index (χ1n) is 8.11. The molecular formula is C14H22O14. The van der Waals surface area contributed by atoms with Gasteiger partial charge in [0.05, 0.1) is 12.7 Å². The molecule has 0 aliphatic carbocycles. The third-order valence-corrected chi connectivity index (χ3v) is 4.55. The van der Waals surface area contributed by atoms with Crippen molar-refractivity contribution in [1.82, 2.24) is 0 Å².